The molecule has 0 saturated heterocycles. The molecule has 4 heteroatoms. The van der Waals surface area contributed by atoms with E-state index >= 15 is 0 Å². The number of rotatable bonds is 0. The average Bonchev–Trinajstić information content (AvgIpc) is 2.77. The topological polar surface area (TPSA) is 32.8 Å². The molecule has 0 unspecified atom stereocenters. The number of carbonyl (C=O) groups is 1. The van der Waals surface area contributed by atoms with Crippen LogP contribution in [-0.2, 0) is 4.74 Å². The van der Waals surface area contributed by atoms with Crippen LogP contribution in [0.2, 0.25) is 0 Å². The van der Waals surface area contributed by atoms with Crippen LogP contribution in [0.4, 0.5) is 16.2 Å². The van der Waals surface area contributed by atoms with Crippen LogP contribution >= 0.6 is 0 Å². The molecule has 3 aromatic rings. The summed E-state index contributed by atoms with van der Waals surface area (Å²) in [6, 6.07) is 20.4. The van der Waals surface area contributed by atoms with Crippen LogP contribution in [-0.4, -0.2) is 13.1 Å². The maximum absolute atomic E-state index is 13.1. The third-order valence-electron chi connectivity index (χ3n) is 5.86. The van der Waals surface area contributed by atoms with Gasteiger partial charge in [-0.25, -0.2) is 4.79 Å². The highest BCUT2D eigenvalue weighted by atomic mass is 16.6. The van der Waals surface area contributed by atoms with Gasteiger partial charge in [-0.2, -0.15) is 0 Å². The molecule has 144 valence electrons. The summed E-state index contributed by atoms with van der Waals surface area (Å²) in [6.45, 7) is 4.23. The van der Waals surface area contributed by atoms with Crippen molar-refractivity contribution in [2.75, 3.05) is 16.8 Å². The molecule has 0 saturated carbocycles. The molecule has 0 radical (unpaired) electrons. The number of anilines is 2. The highest BCUT2D eigenvalue weighted by molar-refractivity contribution is 5.97. The molecule has 5 rings (SSSR count). The Morgan fingerprint density at radius 3 is 2.45 bits per heavy atom. The molecule has 1 atom stereocenters. The van der Waals surface area contributed by atoms with E-state index in [4.69, 9.17) is 4.74 Å². The summed E-state index contributed by atoms with van der Waals surface area (Å²) in [7, 11) is 1.77. The Hall–Kier alpha value is -3.53. The monoisotopic (exact) mass is 382 g/mol. The van der Waals surface area contributed by atoms with Crippen LogP contribution in [0.1, 0.15) is 28.5 Å². The van der Waals surface area contributed by atoms with Gasteiger partial charge in [0.05, 0.1) is 11.4 Å². The van der Waals surface area contributed by atoms with Gasteiger partial charge >= 0.3 is 6.09 Å². The van der Waals surface area contributed by atoms with Crippen LogP contribution in [0.3, 0.4) is 0 Å². The second kappa shape index (κ2) is 6.52. The highest BCUT2D eigenvalue weighted by Crippen LogP contribution is 2.45. The van der Waals surface area contributed by atoms with Gasteiger partial charge in [-0.3, -0.25) is 4.90 Å². The number of fused-ring (bicyclic) bond motifs is 7. The quantitative estimate of drug-likeness (QED) is 0.475. The molecular formula is C25H22N2O2. The summed E-state index contributed by atoms with van der Waals surface area (Å²) in [6.07, 6.45) is 3.19. The average molecular weight is 382 g/mol. The van der Waals surface area contributed by atoms with Crippen molar-refractivity contribution in [1.82, 2.24) is 0 Å². The maximum atomic E-state index is 13.1. The number of hydrogen-bond acceptors (Lipinski definition) is 3. The van der Waals surface area contributed by atoms with Crippen LogP contribution in [0, 0.1) is 13.8 Å². The zero-order valence-electron chi connectivity index (χ0n) is 16.7. The van der Waals surface area contributed by atoms with Crippen LogP contribution < -0.4 is 9.80 Å². The van der Waals surface area contributed by atoms with Gasteiger partial charge in [0.15, 0.2) is 0 Å². The molecule has 4 nitrogen and oxygen atoms in total. The number of nitrogens with zero attached hydrogens (tertiary/aromatic N) is 2. The van der Waals surface area contributed by atoms with E-state index < -0.39 is 6.23 Å². The van der Waals surface area contributed by atoms with Crippen molar-refractivity contribution in [3.63, 3.8) is 0 Å². The maximum Gasteiger partial charge on any atom is 0.416 e. The number of hydrogen-bond donors (Lipinski definition) is 0. The minimum absolute atomic E-state index is 0.376. The summed E-state index contributed by atoms with van der Waals surface area (Å²) in [5.41, 5.74) is 8.41. The number of amides is 1. The van der Waals surface area contributed by atoms with E-state index in [0.29, 0.717) is 0 Å². The fourth-order valence-corrected chi connectivity index (χ4v) is 4.10. The van der Waals surface area contributed by atoms with E-state index in [0.717, 1.165) is 33.6 Å². The SMILES string of the molecule is Cc1cc2c(cc1C)N1C=Cc3ccccc3[C@@H]1OC(=O)N(C)c1ccccc1-2. The first-order valence-electron chi connectivity index (χ1n) is 9.75. The van der Waals surface area contributed by atoms with Crippen molar-refractivity contribution in [3.05, 3.63) is 89.1 Å². The Morgan fingerprint density at radius 2 is 1.59 bits per heavy atom. The zero-order chi connectivity index (χ0) is 20.1. The summed E-state index contributed by atoms with van der Waals surface area (Å²) >= 11 is 0. The normalized spacial score (nSPS) is 17.2. The predicted octanol–water partition coefficient (Wildman–Crippen LogP) is 6.05. The standard InChI is InChI=1S/C25H22N2O2/c1-16-14-21-20-10-6-7-11-22(20)26(3)25(28)29-24-19-9-5-4-8-18(19)12-13-27(24)23(21)15-17(16)2/h4-15,24H,1-3H3/t24-/m0/s1. The number of aryl methyl sites for hydroxylation is 2. The number of ether oxygens (including phenoxy) is 1. The van der Waals surface area contributed by atoms with Crippen LogP contribution in [0.15, 0.2) is 66.9 Å². The predicted molar refractivity (Wildman–Crippen MR) is 117 cm³/mol. The molecule has 3 aromatic carbocycles. The fraction of sp³-hybridized carbons (Fsp3) is 0.160. The molecule has 0 aliphatic carbocycles. The number of carbonyl (C=O) groups excluding carboxylic acids is 1. The summed E-state index contributed by atoms with van der Waals surface area (Å²) < 4.78 is 6.06. The smallest absolute Gasteiger partial charge is 0.416 e. The lowest BCUT2D eigenvalue weighted by Gasteiger charge is -2.35. The van der Waals surface area contributed by atoms with Crippen LogP contribution in [0.25, 0.3) is 17.2 Å². The summed E-state index contributed by atoms with van der Waals surface area (Å²) in [5.74, 6) is 0. The number of benzene rings is 3. The third-order valence-corrected chi connectivity index (χ3v) is 5.86. The van der Waals surface area contributed by atoms with Crippen molar-refractivity contribution in [2.45, 2.75) is 20.1 Å². The Labute approximate surface area is 170 Å². The van der Waals surface area contributed by atoms with E-state index in [1.54, 1.807) is 11.9 Å². The lowest BCUT2D eigenvalue weighted by Crippen LogP contribution is -2.35. The van der Waals surface area contributed by atoms with E-state index in [9.17, 15) is 4.79 Å². The Balaban J connectivity index is 1.83. The third kappa shape index (κ3) is 2.71. The minimum atomic E-state index is -0.527. The molecule has 29 heavy (non-hydrogen) atoms. The van der Waals surface area contributed by atoms with Gasteiger partial charge in [-0.15, -0.1) is 0 Å². The molecule has 1 amide bonds. The van der Waals surface area contributed by atoms with E-state index in [1.807, 2.05) is 48.7 Å². The summed E-state index contributed by atoms with van der Waals surface area (Å²) in [4.78, 5) is 16.7. The van der Waals surface area contributed by atoms with E-state index in [-0.39, 0.29) is 6.09 Å². The Kier molecular flexibility index (Phi) is 3.95. The second-order valence-corrected chi connectivity index (χ2v) is 7.62. The fourth-order valence-electron chi connectivity index (χ4n) is 4.10. The van der Waals surface area contributed by atoms with E-state index in [2.05, 4.69) is 43.0 Å². The van der Waals surface area contributed by atoms with Gasteiger partial charge < -0.3 is 9.64 Å². The first kappa shape index (κ1) is 17.6. The number of para-hydroxylation sites is 1. The molecule has 2 aliphatic heterocycles. The van der Waals surface area contributed by atoms with Crippen molar-refractivity contribution in [1.29, 1.82) is 0 Å². The molecule has 2 aliphatic rings. The molecule has 0 N–H and O–H groups in total. The van der Waals surface area contributed by atoms with Crippen molar-refractivity contribution < 1.29 is 9.53 Å². The largest absolute Gasteiger partial charge is 0.420 e. The van der Waals surface area contributed by atoms with Gasteiger partial charge in [0.25, 0.3) is 0 Å². The lowest BCUT2D eigenvalue weighted by atomic mass is 9.94. The van der Waals surface area contributed by atoms with Crippen molar-refractivity contribution in [2.24, 2.45) is 0 Å². The Morgan fingerprint density at radius 1 is 0.862 bits per heavy atom. The molecule has 0 aromatic heterocycles. The van der Waals surface area contributed by atoms with Gasteiger partial charge in [-0.1, -0.05) is 42.5 Å². The molecule has 0 spiro atoms. The first-order valence-corrected chi connectivity index (χ1v) is 9.75. The minimum Gasteiger partial charge on any atom is -0.420 e. The van der Waals surface area contributed by atoms with Gasteiger partial charge in [0.2, 0.25) is 6.23 Å². The first-order chi connectivity index (χ1) is 14.0. The second-order valence-electron chi connectivity index (χ2n) is 7.62. The molecule has 0 fully saturated rings. The van der Waals surface area contributed by atoms with E-state index in [1.165, 1.54) is 11.1 Å². The van der Waals surface area contributed by atoms with Crippen LogP contribution in [0.5, 0.6) is 0 Å². The van der Waals surface area contributed by atoms with Crippen molar-refractivity contribution in [3.8, 4) is 11.1 Å². The molecule has 2 heterocycles. The Bertz CT molecular complexity index is 1170. The zero-order valence-corrected chi connectivity index (χ0v) is 16.7. The molecule has 0 bridgehead atoms. The van der Waals surface area contributed by atoms with Gasteiger partial charge in [0.1, 0.15) is 0 Å². The summed E-state index contributed by atoms with van der Waals surface area (Å²) in [5, 5.41) is 0. The van der Waals surface area contributed by atoms with Gasteiger partial charge in [-0.05, 0) is 54.8 Å². The van der Waals surface area contributed by atoms with Gasteiger partial charge in [0, 0.05) is 29.9 Å². The molecular weight excluding hydrogens is 360 g/mol. The lowest BCUT2D eigenvalue weighted by molar-refractivity contribution is 0.107. The van der Waals surface area contributed by atoms with Crippen molar-refractivity contribution >= 4 is 23.5 Å². The highest BCUT2D eigenvalue weighted by Gasteiger charge is 2.33.